The Kier molecular flexibility index (Phi) is 9.08. The van der Waals surface area contributed by atoms with Gasteiger partial charge in [-0.25, -0.2) is 4.39 Å². The Morgan fingerprint density at radius 2 is 1.86 bits per heavy atom. The highest BCUT2D eigenvalue weighted by Gasteiger charge is 2.22. The van der Waals surface area contributed by atoms with Gasteiger partial charge in [-0.3, -0.25) is 4.79 Å². The van der Waals surface area contributed by atoms with E-state index in [4.69, 9.17) is 21.4 Å². The quantitative estimate of drug-likeness (QED) is 0.490. The molecule has 4 nitrogen and oxygen atoms in total. The van der Waals surface area contributed by atoms with Crippen molar-refractivity contribution in [1.82, 2.24) is 5.32 Å². The minimum absolute atomic E-state index is 0.00360. The zero-order chi connectivity index (χ0) is 21.4. The molecule has 0 aliphatic carbocycles. The number of hydrogen-bond acceptors (Lipinski definition) is 4. The number of benzene rings is 2. The number of ether oxygens (including phenoxy) is 1. The molecule has 158 valence electrons. The Labute approximate surface area is 177 Å². The first kappa shape index (κ1) is 23.3. The van der Waals surface area contributed by atoms with Gasteiger partial charge in [-0.05, 0) is 37.5 Å². The van der Waals surface area contributed by atoms with Crippen molar-refractivity contribution >= 4 is 17.4 Å². The van der Waals surface area contributed by atoms with Gasteiger partial charge in [0, 0.05) is 37.1 Å². The van der Waals surface area contributed by atoms with Crippen LogP contribution >= 0.6 is 11.6 Å². The van der Waals surface area contributed by atoms with Gasteiger partial charge in [-0.2, -0.15) is 0 Å². The summed E-state index contributed by atoms with van der Waals surface area (Å²) >= 11 is 6.19. The first-order chi connectivity index (χ1) is 13.8. The number of ketones is 1. The number of nitrogens with one attached hydrogen (secondary N) is 1. The minimum Gasteiger partial charge on any atom is -0.453 e. The van der Waals surface area contributed by atoms with Crippen molar-refractivity contribution in [1.29, 1.82) is 0 Å². The van der Waals surface area contributed by atoms with E-state index in [0.717, 1.165) is 0 Å². The first-order valence-corrected chi connectivity index (χ1v) is 10.3. The largest absolute Gasteiger partial charge is 0.453 e. The number of halogens is 2. The third-order valence-corrected chi connectivity index (χ3v) is 5.03. The summed E-state index contributed by atoms with van der Waals surface area (Å²) in [5.74, 6) is 0.0156. The zero-order valence-corrected chi connectivity index (χ0v) is 17.9. The van der Waals surface area contributed by atoms with E-state index in [1.807, 2.05) is 26.8 Å². The van der Waals surface area contributed by atoms with Gasteiger partial charge in [0.2, 0.25) is 0 Å². The highest BCUT2D eigenvalue weighted by atomic mass is 35.5. The highest BCUT2D eigenvalue weighted by Crippen LogP contribution is 2.36. The van der Waals surface area contributed by atoms with Gasteiger partial charge in [-0.1, -0.05) is 49.7 Å². The van der Waals surface area contributed by atoms with Crippen molar-refractivity contribution in [2.24, 2.45) is 5.92 Å². The Morgan fingerprint density at radius 3 is 2.48 bits per heavy atom. The van der Waals surface area contributed by atoms with Crippen molar-refractivity contribution in [2.45, 2.75) is 52.1 Å². The maximum absolute atomic E-state index is 15.2. The molecule has 0 aromatic heterocycles. The van der Waals surface area contributed by atoms with Crippen molar-refractivity contribution in [3.8, 4) is 11.5 Å². The van der Waals surface area contributed by atoms with Crippen molar-refractivity contribution in [2.75, 3.05) is 6.61 Å². The molecule has 2 aromatic carbocycles. The van der Waals surface area contributed by atoms with E-state index in [1.54, 1.807) is 36.4 Å². The third-order valence-electron chi connectivity index (χ3n) is 4.73. The number of rotatable bonds is 11. The van der Waals surface area contributed by atoms with Gasteiger partial charge in [0.1, 0.15) is 11.5 Å². The summed E-state index contributed by atoms with van der Waals surface area (Å²) in [7, 11) is 0. The first-order valence-electron chi connectivity index (χ1n) is 9.95. The fraction of sp³-hybridized carbons (Fsp3) is 0.435. The number of para-hydroxylation sites is 1. The summed E-state index contributed by atoms with van der Waals surface area (Å²) in [6.07, 6.45) is 1.29. The fourth-order valence-corrected chi connectivity index (χ4v) is 3.41. The Hall–Kier alpha value is -1.95. The van der Waals surface area contributed by atoms with Gasteiger partial charge < -0.3 is 15.2 Å². The van der Waals surface area contributed by atoms with Crippen LogP contribution in [0.5, 0.6) is 11.5 Å². The Morgan fingerprint density at radius 1 is 1.17 bits per heavy atom. The van der Waals surface area contributed by atoms with Crippen molar-refractivity contribution < 1.29 is 19.0 Å². The average Bonchev–Trinajstić information content (AvgIpc) is 2.70. The predicted molar refractivity (Wildman–Crippen MR) is 114 cm³/mol. The van der Waals surface area contributed by atoms with Crippen LogP contribution < -0.4 is 10.1 Å². The number of carbonyl (C=O) groups is 1. The summed E-state index contributed by atoms with van der Waals surface area (Å²) in [6.45, 7) is 5.68. The smallest absolute Gasteiger partial charge is 0.181 e. The predicted octanol–water partition coefficient (Wildman–Crippen LogP) is 5.68. The number of hydrogen-bond donors (Lipinski definition) is 2. The molecular formula is C23H29ClFNO3. The summed E-state index contributed by atoms with van der Waals surface area (Å²) in [5, 5.41) is 12.6. The summed E-state index contributed by atoms with van der Waals surface area (Å²) < 4.78 is 20.9. The molecule has 6 heteroatoms. The number of aliphatic hydroxyl groups is 1. The molecular weight excluding hydrogens is 393 g/mol. The van der Waals surface area contributed by atoms with E-state index in [1.165, 1.54) is 0 Å². The maximum atomic E-state index is 15.2. The Bertz CT molecular complexity index is 800. The SMILES string of the molecule is CC[C@@H](N[C@@H](C)CC(=O)C[C@H](C)CO)c1ccc(Cl)c(Oc2ccccc2)c1F. The van der Waals surface area contributed by atoms with Gasteiger partial charge in [-0.15, -0.1) is 0 Å². The lowest BCUT2D eigenvalue weighted by Crippen LogP contribution is -2.33. The van der Waals surface area contributed by atoms with Crippen LogP contribution in [-0.2, 0) is 4.79 Å². The maximum Gasteiger partial charge on any atom is 0.181 e. The van der Waals surface area contributed by atoms with Crippen LogP contribution in [0, 0.1) is 11.7 Å². The third kappa shape index (κ3) is 6.81. The van der Waals surface area contributed by atoms with Crippen LogP contribution in [0.2, 0.25) is 5.02 Å². The molecule has 0 radical (unpaired) electrons. The molecule has 2 N–H and O–H groups in total. The molecule has 0 saturated heterocycles. The molecule has 2 aromatic rings. The summed E-state index contributed by atoms with van der Waals surface area (Å²) in [5.41, 5.74) is 0.450. The molecule has 29 heavy (non-hydrogen) atoms. The molecule has 2 rings (SSSR count). The van der Waals surface area contributed by atoms with Crippen LogP contribution in [0.25, 0.3) is 0 Å². The van der Waals surface area contributed by atoms with E-state index in [9.17, 15) is 4.79 Å². The molecule has 0 unspecified atom stereocenters. The van der Waals surface area contributed by atoms with Crippen LogP contribution in [0.3, 0.4) is 0 Å². The Balaban J connectivity index is 2.14. The van der Waals surface area contributed by atoms with E-state index in [0.29, 0.717) is 30.6 Å². The standard InChI is InChI=1S/C23H29ClFNO3/c1-4-21(26-16(3)13-17(28)12-15(2)14-27)19-10-11-20(24)23(22(19)25)29-18-8-6-5-7-9-18/h5-11,15-16,21,26-27H,4,12-14H2,1-3H3/t15-,16-,21+/m0/s1. The second-order valence-corrected chi connectivity index (χ2v) is 7.87. The second-order valence-electron chi connectivity index (χ2n) is 7.46. The van der Waals surface area contributed by atoms with Gasteiger partial charge >= 0.3 is 0 Å². The lowest BCUT2D eigenvalue weighted by molar-refractivity contribution is -0.120. The van der Waals surface area contributed by atoms with E-state index < -0.39 is 5.82 Å². The lowest BCUT2D eigenvalue weighted by Gasteiger charge is -2.24. The van der Waals surface area contributed by atoms with Crippen LogP contribution in [0.15, 0.2) is 42.5 Å². The molecule has 0 aliphatic heterocycles. The molecule has 0 fully saturated rings. The van der Waals surface area contributed by atoms with E-state index in [-0.39, 0.29) is 41.2 Å². The number of Topliss-reactive ketones (excluding diaryl/α,β-unsaturated/α-hetero) is 1. The number of carbonyl (C=O) groups excluding carboxylic acids is 1. The van der Waals surface area contributed by atoms with Gasteiger partial charge in [0.05, 0.1) is 5.02 Å². The molecule has 3 atom stereocenters. The summed E-state index contributed by atoms with van der Waals surface area (Å²) in [4.78, 5) is 12.1. The van der Waals surface area contributed by atoms with Crippen LogP contribution in [0.4, 0.5) is 4.39 Å². The molecule has 0 spiro atoms. The van der Waals surface area contributed by atoms with Crippen molar-refractivity contribution in [3.63, 3.8) is 0 Å². The van der Waals surface area contributed by atoms with Crippen LogP contribution in [-0.4, -0.2) is 23.5 Å². The van der Waals surface area contributed by atoms with E-state index >= 15 is 4.39 Å². The van der Waals surface area contributed by atoms with Gasteiger partial charge in [0.15, 0.2) is 11.6 Å². The van der Waals surface area contributed by atoms with Crippen molar-refractivity contribution in [3.05, 3.63) is 58.9 Å². The topological polar surface area (TPSA) is 58.6 Å². The molecule has 0 saturated carbocycles. The van der Waals surface area contributed by atoms with E-state index in [2.05, 4.69) is 5.32 Å². The van der Waals surface area contributed by atoms with Crippen LogP contribution in [0.1, 0.15) is 51.6 Å². The monoisotopic (exact) mass is 421 g/mol. The molecule has 0 bridgehead atoms. The number of aliphatic hydroxyl groups excluding tert-OH is 1. The lowest BCUT2D eigenvalue weighted by atomic mass is 9.98. The normalized spacial score (nSPS) is 14.3. The second kappa shape index (κ2) is 11.3. The minimum atomic E-state index is -0.506. The van der Waals surface area contributed by atoms with Gasteiger partial charge in [0.25, 0.3) is 0 Å². The fourth-order valence-electron chi connectivity index (χ4n) is 3.22. The molecule has 0 aliphatic rings. The highest BCUT2D eigenvalue weighted by molar-refractivity contribution is 6.32. The molecule has 0 heterocycles. The average molecular weight is 422 g/mol. The summed E-state index contributed by atoms with van der Waals surface area (Å²) in [6, 6.07) is 11.8. The molecule has 0 amide bonds. The zero-order valence-electron chi connectivity index (χ0n) is 17.1.